The molecule has 0 saturated heterocycles. The van der Waals surface area contributed by atoms with E-state index in [0.29, 0.717) is 40.4 Å². The molecular weight excluding hydrogens is 447 g/mol. The highest BCUT2D eigenvalue weighted by atomic mass is 19.1. The van der Waals surface area contributed by atoms with Crippen molar-refractivity contribution in [3.63, 3.8) is 0 Å². The molecule has 0 fully saturated rings. The summed E-state index contributed by atoms with van der Waals surface area (Å²) in [5.74, 6) is -2.24. The van der Waals surface area contributed by atoms with Crippen LogP contribution in [0.25, 0.3) is 11.3 Å². The number of benzene rings is 3. The van der Waals surface area contributed by atoms with Gasteiger partial charge in [-0.3, -0.25) is 4.79 Å². The summed E-state index contributed by atoms with van der Waals surface area (Å²) in [5.41, 5.74) is 2.07. The standard InChI is InChI=1S/C25H18F3N3O3/c1-33-20-10-13-9-17-23(16(13)12-21(20)34-2)31(25(32)22-18(27)7-4-8-19(22)28)30-24(17)29-15-6-3-5-14(26)11-15/h3-8,10-12H,9H2,1-2H3,(H,29,30). The maximum Gasteiger partial charge on any atom is 0.284 e. The van der Waals surface area contributed by atoms with E-state index in [-0.39, 0.29) is 5.82 Å². The minimum Gasteiger partial charge on any atom is -0.493 e. The number of nitrogens with one attached hydrogen (secondary N) is 1. The zero-order chi connectivity index (χ0) is 24.0. The molecule has 0 spiro atoms. The first-order valence-corrected chi connectivity index (χ1v) is 10.3. The molecule has 0 radical (unpaired) electrons. The summed E-state index contributed by atoms with van der Waals surface area (Å²) in [6.07, 6.45) is 0.357. The Balaban J connectivity index is 1.70. The van der Waals surface area contributed by atoms with E-state index in [2.05, 4.69) is 10.4 Å². The Bertz CT molecular complexity index is 1430. The number of fused-ring (bicyclic) bond motifs is 3. The number of aromatic nitrogens is 2. The molecule has 0 unspecified atom stereocenters. The third-order valence-corrected chi connectivity index (χ3v) is 5.67. The second-order valence-corrected chi connectivity index (χ2v) is 7.67. The lowest BCUT2D eigenvalue weighted by atomic mass is 10.1. The number of halogens is 3. The summed E-state index contributed by atoms with van der Waals surface area (Å²) in [5, 5.41) is 7.36. The van der Waals surface area contributed by atoms with Crippen molar-refractivity contribution in [2.24, 2.45) is 0 Å². The highest BCUT2D eigenvalue weighted by Gasteiger charge is 2.33. The maximum atomic E-state index is 14.5. The predicted molar refractivity (Wildman–Crippen MR) is 119 cm³/mol. The number of anilines is 2. The van der Waals surface area contributed by atoms with Gasteiger partial charge in [-0.15, -0.1) is 5.10 Å². The Morgan fingerprint density at radius 2 is 1.65 bits per heavy atom. The second kappa shape index (κ2) is 8.26. The lowest BCUT2D eigenvalue weighted by molar-refractivity contribution is 0.0939. The number of methoxy groups -OCH3 is 2. The van der Waals surface area contributed by atoms with Crippen LogP contribution in [0.15, 0.2) is 54.6 Å². The van der Waals surface area contributed by atoms with Gasteiger partial charge in [-0.2, -0.15) is 4.68 Å². The molecular formula is C25H18F3N3O3. The number of rotatable bonds is 5. The molecule has 5 rings (SSSR count). The number of ether oxygens (including phenoxy) is 2. The monoisotopic (exact) mass is 465 g/mol. The topological polar surface area (TPSA) is 65.4 Å². The van der Waals surface area contributed by atoms with E-state index >= 15 is 0 Å². The van der Waals surface area contributed by atoms with E-state index in [9.17, 15) is 18.0 Å². The number of nitrogens with zero attached hydrogens (tertiary/aromatic N) is 2. The Morgan fingerprint density at radius 3 is 2.32 bits per heavy atom. The first-order valence-electron chi connectivity index (χ1n) is 10.3. The van der Waals surface area contributed by atoms with Gasteiger partial charge >= 0.3 is 0 Å². The van der Waals surface area contributed by atoms with Gasteiger partial charge in [0, 0.05) is 23.2 Å². The van der Waals surface area contributed by atoms with Crippen LogP contribution in [0.4, 0.5) is 24.7 Å². The normalized spacial score (nSPS) is 11.7. The number of carbonyl (C=O) groups is 1. The zero-order valence-electron chi connectivity index (χ0n) is 18.2. The van der Waals surface area contributed by atoms with E-state index in [0.717, 1.165) is 22.4 Å². The molecule has 0 amide bonds. The molecule has 0 aliphatic heterocycles. The van der Waals surface area contributed by atoms with Gasteiger partial charge in [-0.1, -0.05) is 12.1 Å². The Kier molecular flexibility index (Phi) is 5.24. The highest BCUT2D eigenvalue weighted by molar-refractivity contribution is 6.00. The summed E-state index contributed by atoms with van der Waals surface area (Å²) in [6.45, 7) is 0. The molecule has 6 nitrogen and oxygen atoms in total. The lowest BCUT2D eigenvalue weighted by Crippen LogP contribution is -2.18. The van der Waals surface area contributed by atoms with Crippen LogP contribution in [0.1, 0.15) is 21.5 Å². The summed E-state index contributed by atoms with van der Waals surface area (Å²) >= 11 is 0. The molecule has 1 aliphatic carbocycles. The quantitative estimate of drug-likeness (QED) is 0.381. The van der Waals surface area contributed by atoms with Crippen molar-refractivity contribution in [1.82, 2.24) is 9.78 Å². The van der Waals surface area contributed by atoms with Crippen molar-refractivity contribution in [2.75, 3.05) is 19.5 Å². The molecule has 34 heavy (non-hydrogen) atoms. The average Bonchev–Trinajstić information content (AvgIpc) is 3.35. The fourth-order valence-corrected chi connectivity index (χ4v) is 4.13. The molecule has 1 N–H and O–H groups in total. The first kappa shape index (κ1) is 21.6. The van der Waals surface area contributed by atoms with Crippen molar-refractivity contribution in [1.29, 1.82) is 0 Å². The molecule has 0 saturated carbocycles. The average molecular weight is 465 g/mol. The summed E-state index contributed by atoms with van der Waals surface area (Å²) in [4.78, 5) is 13.3. The molecule has 172 valence electrons. The van der Waals surface area contributed by atoms with E-state index < -0.39 is 28.9 Å². The van der Waals surface area contributed by atoms with Gasteiger partial charge < -0.3 is 14.8 Å². The fourth-order valence-electron chi connectivity index (χ4n) is 4.13. The minimum atomic E-state index is -1.00. The predicted octanol–water partition coefficient (Wildman–Crippen LogP) is 5.32. The van der Waals surface area contributed by atoms with Gasteiger partial charge in [0.25, 0.3) is 5.91 Å². The van der Waals surface area contributed by atoms with Crippen LogP contribution < -0.4 is 14.8 Å². The Morgan fingerprint density at radius 1 is 0.971 bits per heavy atom. The zero-order valence-corrected chi connectivity index (χ0v) is 18.2. The molecule has 0 atom stereocenters. The van der Waals surface area contributed by atoms with Crippen LogP contribution in [0.5, 0.6) is 11.5 Å². The first-order chi connectivity index (χ1) is 16.4. The Hall–Kier alpha value is -4.27. The van der Waals surface area contributed by atoms with Gasteiger partial charge in [-0.05, 0) is 48.0 Å². The fraction of sp³-hybridized carbons (Fsp3) is 0.120. The smallest absolute Gasteiger partial charge is 0.284 e. The van der Waals surface area contributed by atoms with Crippen molar-refractivity contribution in [3.05, 3.63) is 88.7 Å². The van der Waals surface area contributed by atoms with Crippen LogP contribution in [-0.2, 0) is 6.42 Å². The third kappa shape index (κ3) is 3.45. The maximum absolute atomic E-state index is 14.5. The second-order valence-electron chi connectivity index (χ2n) is 7.67. The summed E-state index contributed by atoms with van der Waals surface area (Å²) in [7, 11) is 2.99. The molecule has 9 heteroatoms. The number of hydrogen-bond donors (Lipinski definition) is 1. The third-order valence-electron chi connectivity index (χ3n) is 5.67. The molecule has 3 aromatic carbocycles. The Labute approximate surface area is 192 Å². The highest BCUT2D eigenvalue weighted by Crippen LogP contribution is 2.46. The summed E-state index contributed by atoms with van der Waals surface area (Å²) in [6, 6.07) is 12.4. The van der Waals surface area contributed by atoms with E-state index in [4.69, 9.17) is 9.47 Å². The molecule has 0 bridgehead atoms. The van der Waals surface area contributed by atoms with Gasteiger partial charge in [-0.25, -0.2) is 13.2 Å². The molecule has 1 heterocycles. The van der Waals surface area contributed by atoms with Crippen molar-refractivity contribution >= 4 is 17.4 Å². The van der Waals surface area contributed by atoms with Crippen LogP contribution in [0.3, 0.4) is 0 Å². The van der Waals surface area contributed by atoms with E-state index in [1.807, 2.05) is 0 Å². The molecule has 4 aromatic rings. The van der Waals surface area contributed by atoms with Crippen molar-refractivity contribution in [2.45, 2.75) is 6.42 Å². The van der Waals surface area contributed by atoms with E-state index in [1.54, 1.807) is 18.2 Å². The van der Waals surface area contributed by atoms with Crippen LogP contribution >= 0.6 is 0 Å². The van der Waals surface area contributed by atoms with Crippen LogP contribution in [0.2, 0.25) is 0 Å². The van der Waals surface area contributed by atoms with Gasteiger partial charge in [0.05, 0.1) is 19.9 Å². The molecule has 1 aromatic heterocycles. The van der Waals surface area contributed by atoms with Crippen molar-refractivity contribution < 1.29 is 27.4 Å². The van der Waals surface area contributed by atoms with E-state index in [1.165, 1.54) is 38.5 Å². The van der Waals surface area contributed by atoms with Gasteiger partial charge in [0.15, 0.2) is 17.3 Å². The SMILES string of the molecule is COc1cc2c(cc1OC)-c1c(c(Nc3cccc(F)c3)nn1C(=O)c1c(F)cccc1F)C2. The largest absolute Gasteiger partial charge is 0.493 e. The van der Waals surface area contributed by atoms with Crippen LogP contribution in [0, 0.1) is 17.5 Å². The number of hydrogen-bond acceptors (Lipinski definition) is 5. The minimum absolute atomic E-state index is 0.264. The van der Waals surface area contributed by atoms with Crippen LogP contribution in [-0.4, -0.2) is 29.9 Å². The molecule has 1 aliphatic rings. The lowest BCUT2D eigenvalue weighted by Gasteiger charge is -2.12. The van der Waals surface area contributed by atoms with Gasteiger partial charge in [0.2, 0.25) is 0 Å². The summed E-state index contributed by atoms with van der Waals surface area (Å²) < 4.78 is 54.4. The number of carbonyl (C=O) groups excluding carboxylic acids is 1. The van der Waals surface area contributed by atoms with Gasteiger partial charge in [0.1, 0.15) is 23.0 Å². The van der Waals surface area contributed by atoms with Crippen molar-refractivity contribution in [3.8, 4) is 22.8 Å².